The summed E-state index contributed by atoms with van der Waals surface area (Å²) >= 11 is 3.39. The summed E-state index contributed by atoms with van der Waals surface area (Å²) in [4.78, 5) is 12.6. The molecule has 4 rings (SSSR count). The SMILES string of the molecule is O=C(Nc1ccccc1C1=Cc2ccccc2C1)c1ccc(Br)cc1. The number of carbonyl (C=O) groups is 1. The largest absolute Gasteiger partial charge is 0.321 e. The summed E-state index contributed by atoms with van der Waals surface area (Å²) in [5, 5.41) is 3.05. The third-order valence-electron chi connectivity index (χ3n) is 4.39. The molecule has 1 aliphatic rings. The normalized spacial score (nSPS) is 12.4. The molecule has 1 aliphatic carbocycles. The highest BCUT2D eigenvalue weighted by Gasteiger charge is 2.17. The van der Waals surface area contributed by atoms with Crippen LogP contribution in [0.1, 0.15) is 27.0 Å². The van der Waals surface area contributed by atoms with Crippen LogP contribution in [0.5, 0.6) is 0 Å². The molecule has 0 unspecified atom stereocenters. The maximum atomic E-state index is 12.6. The monoisotopic (exact) mass is 389 g/mol. The molecule has 0 heterocycles. The lowest BCUT2D eigenvalue weighted by Gasteiger charge is -2.12. The predicted octanol–water partition coefficient (Wildman–Crippen LogP) is 5.80. The quantitative estimate of drug-likeness (QED) is 0.602. The van der Waals surface area contributed by atoms with E-state index >= 15 is 0 Å². The van der Waals surface area contributed by atoms with E-state index in [2.05, 4.69) is 57.7 Å². The lowest BCUT2D eigenvalue weighted by Crippen LogP contribution is -2.13. The van der Waals surface area contributed by atoms with E-state index < -0.39 is 0 Å². The zero-order chi connectivity index (χ0) is 17.2. The van der Waals surface area contributed by atoms with Gasteiger partial charge in [0.25, 0.3) is 5.91 Å². The molecule has 0 bridgehead atoms. The van der Waals surface area contributed by atoms with E-state index in [1.165, 1.54) is 16.7 Å². The minimum Gasteiger partial charge on any atom is -0.321 e. The number of hydrogen-bond donors (Lipinski definition) is 1. The smallest absolute Gasteiger partial charge is 0.255 e. The van der Waals surface area contributed by atoms with Gasteiger partial charge in [-0.05, 0) is 53.5 Å². The molecule has 1 amide bonds. The molecule has 2 nitrogen and oxygen atoms in total. The van der Waals surface area contributed by atoms with Crippen LogP contribution in [0.15, 0.2) is 77.3 Å². The Morgan fingerprint density at radius 1 is 0.880 bits per heavy atom. The molecule has 1 N–H and O–H groups in total. The summed E-state index contributed by atoms with van der Waals surface area (Å²) in [5.74, 6) is -0.101. The van der Waals surface area contributed by atoms with Gasteiger partial charge < -0.3 is 5.32 Å². The Morgan fingerprint density at radius 3 is 2.40 bits per heavy atom. The molecule has 3 heteroatoms. The van der Waals surface area contributed by atoms with Crippen molar-refractivity contribution >= 4 is 39.2 Å². The first-order valence-corrected chi connectivity index (χ1v) is 8.95. The lowest BCUT2D eigenvalue weighted by atomic mass is 10.0. The van der Waals surface area contributed by atoms with Gasteiger partial charge in [-0.1, -0.05) is 64.5 Å². The van der Waals surface area contributed by atoms with Gasteiger partial charge in [0.1, 0.15) is 0 Å². The molecule has 0 atom stereocenters. The molecule has 0 saturated carbocycles. The van der Waals surface area contributed by atoms with E-state index in [-0.39, 0.29) is 5.91 Å². The standard InChI is InChI=1S/C22H16BrNO/c23-19-11-9-15(10-12-19)22(25)24-21-8-4-3-7-20(21)18-13-16-5-1-2-6-17(16)14-18/h1-13H,14H2,(H,24,25). The first-order chi connectivity index (χ1) is 12.2. The summed E-state index contributed by atoms with van der Waals surface area (Å²) in [5.41, 5.74) is 6.37. The Balaban J connectivity index is 1.62. The summed E-state index contributed by atoms with van der Waals surface area (Å²) < 4.78 is 0.957. The second-order valence-corrected chi connectivity index (χ2v) is 6.97. The minimum atomic E-state index is -0.101. The van der Waals surface area contributed by atoms with Crippen molar-refractivity contribution in [3.63, 3.8) is 0 Å². The molecular formula is C22H16BrNO. The molecule has 0 fully saturated rings. The van der Waals surface area contributed by atoms with Gasteiger partial charge in [0, 0.05) is 21.3 Å². The first kappa shape index (κ1) is 15.9. The third kappa shape index (κ3) is 3.28. The van der Waals surface area contributed by atoms with Crippen molar-refractivity contribution in [3.05, 3.63) is 99.5 Å². The zero-order valence-electron chi connectivity index (χ0n) is 13.5. The number of hydrogen-bond acceptors (Lipinski definition) is 1. The molecule has 0 aromatic heterocycles. The van der Waals surface area contributed by atoms with Crippen LogP contribution >= 0.6 is 15.9 Å². The number of rotatable bonds is 3. The Labute approximate surface area is 155 Å². The van der Waals surface area contributed by atoms with E-state index in [0.717, 1.165) is 22.1 Å². The van der Waals surface area contributed by atoms with Crippen LogP contribution in [0, 0.1) is 0 Å². The van der Waals surface area contributed by atoms with Crippen LogP contribution in [-0.4, -0.2) is 5.91 Å². The third-order valence-corrected chi connectivity index (χ3v) is 4.92. The maximum Gasteiger partial charge on any atom is 0.255 e. The van der Waals surface area contributed by atoms with Crippen molar-refractivity contribution in [2.24, 2.45) is 0 Å². The highest BCUT2D eigenvalue weighted by molar-refractivity contribution is 9.10. The second-order valence-electron chi connectivity index (χ2n) is 6.05. The fourth-order valence-electron chi connectivity index (χ4n) is 3.12. The highest BCUT2D eigenvalue weighted by Crippen LogP contribution is 2.34. The zero-order valence-corrected chi connectivity index (χ0v) is 15.1. The Kier molecular flexibility index (Phi) is 4.24. The number of allylic oxidation sites excluding steroid dienone is 1. The van der Waals surface area contributed by atoms with Gasteiger partial charge in [0.05, 0.1) is 0 Å². The maximum absolute atomic E-state index is 12.6. The number of halogens is 1. The first-order valence-electron chi connectivity index (χ1n) is 8.15. The number of benzene rings is 3. The molecule has 3 aromatic rings. The predicted molar refractivity (Wildman–Crippen MR) is 107 cm³/mol. The van der Waals surface area contributed by atoms with Crippen molar-refractivity contribution in [2.75, 3.05) is 5.32 Å². The van der Waals surface area contributed by atoms with Crippen LogP contribution in [-0.2, 0) is 6.42 Å². The van der Waals surface area contributed by atoms with Gasteiger partial charge >= 0.3 is 0 Å². The van der Waals surface area contributed by atoms with Gasteiger partial charge in [-0.25, -0.2) is 0 Å². The van der Waals surface area contributed by atoms with E-state index in [9.17, 15) is 4.79 Å². The fraction of sp³-hybridized carbons (Fsp3) is 0.0455. The summed E-state index contributed by atoms with van der Waals surface area (Å²) in [6.07, 6.45) is 3.10. The van der Waals surface area contributed by atoms with Gasteiger partial charge in [0.15, 0.2) is 0 Å². The molecule has 3 aromatic carbocycles. The molecule has 122 valence electrons. The molecule has 25 heavy (non-hydrogen) atoms. The average molecular weight is 390 g/mol. The number of para-hydroxylation sites is 1. The number of anilines is 1. The minimum absolute atomic E-state index is 0.101. The van der Waals surface area contributed by atoms with Crippen molar-refractivity contribution < 1.29 is 4.79 Å². The van der Waals surface area contributed by atoms with Gasteiger partial charge in [0.2, 0.25) is 0 Å². The van der Waals surface area contributed by atoms with E-state index in [1.54, 1.807) is 0 Å². The average Bonchev–Trinajstić information content (AvgIpc) is 3.06. The van der Waals surface area contributed by atoms with Crippen molar-refractivity contribution in [3.8, 4) is 0 Å². The number of nitrogens with one attached hydrogen (secondary N) is 1. The van der Waals surface area contributed by atoms with Crippen LogP contribution in [0.3, 0.4) is 0 Å². The van der Waals surface area contributed by atoms with E-state index in [1.807, 2.05) is 42.5 Å². The highest BCUT2D eigenvalue weighted by atomic mass is 79.9. The Hall–Kier alpha value is -2.65. The second kappa shape index (κ2) is 6.69. The van der Waals surface area contributed by atoms with Crippen LogP contribution < -0.4 is 5.32 Å². The fourth-order valence-corrected chi connectivity index (χ4v) is 3.39. The Morgan fingerprint density at radius 2 is 1.60 bits per heavy atom. The Bertz CT molecular complexity index is 973. The number of fused-ring (bicyclic) bond motifs is 1. The van der Waals surface area contributed by atoms with Crippen LogP contribution in [0.2, 0.25) is 0 Å². The van der Waals surface area contributed by atoms with Crippen molar-refractivity contribution in [1.29, 1.82) is 0 Å². The van der Waals surface area contributed by atoms with E-state index in [4.69, 9.17) is 0 Å². The molecule has 0 spiro atoms. The summed E-state index contributed by atoms with van der Waals surface area (Å²) in [6, 6.07) is 23.7. The van der Waals surface area contributed by atoms with Crippen LogP contribution in [0.4, 0.5) is 5.69 Å². The lowest BCUT2D eigenvalue weighted by molar-refractivity contribution is 0.102. The van der Waals surface area contributed by atoms with Crippen LogP contribution in [0.25, 0.3) is 11.6 Å². The van der Waals surface area contributed by atoms with Gasteiger partial charge in [-0.15, -0.1) is 0 Å². The summed E-state index contributed by atoms with van der Waals surface area (Å²) in [7, 11) is 0. The molecule has 0 saturated heterocycles. The number of amides is 1. The molecule has 0 aliphatic heterocycles. The molecule has 0 radical (unpaired) electrons. The van der Waals surface area contributed by atoms with Gasteiger partial charge in [-0.2, -0.15) is 0 Å². The van der Waals surface area contributed by atoms with E-state index in [0.29, 0.717) is 5.56 Å². The molecular weight excluding hydrogens is 374 g/mol. The van der Waals surface area contributed by atoms with Crippen molar-refractivity contribution in [1.82, 2.24) is 0 Å². The topological polar surface area (TPSA) is 29.1 Å². The summed E-state index contributed by atoms with van der Waals surface area (Å²) in [6.45, 7) is 0. The van der Waals surface area contributed by atoms with Crippen molar-refractivity contribution in [2.45, 2.75) is 6.42 Å². The van der Waals surface area contributed by atoms with Gasteiger partial charge in [-0.3, -0.25) is 4.79 Å². The number of carbonyl (C=O) groups excluding carboxylic acids is 1.